The molecule has 1 aromatic heterocycles. The van der Waals surface area contributed by atoms with Crippen molar-refractivity contribution in [1.29, 1.82) is 0 Å². The molecule has 0 saturated heterocycles. The van der Waals surface area contributed by atoms with E-state index in [0.29, 0.717) is 10.8 Å². The summed E-state index contributed by atoms with van der Waals surface area (Å²) in [5.41, 5.74) is 3.45. The fraction of sp³-hybridized carbons (Fsp3) is 0. The van der Waals surface area contributed by atoms with Crippen molar-refractivity contribution in [2.24, 2.45) is 0 Å². The number of para-hydroxylation sites is 2. The van der Waals surface area contributed by atoms with Crippen LogP contribution in [0.1, 0.15) is 11.3 Å². The van der Waals surface area contributed by atoms with Crippen molar-refractivity contribution in [3.8, 4) is 0 Å². The summed E-state index contributed by atoms with van der Waals surface area (Å²) in [7, 11) is 0. The number of halogens is 1. The molecule has 3 aromatic rings. The van der Waals surface area contributed by atoms with Crippen LogP contribution in [0, 0.1) is 0 Å². The third-order valence-corrected chi connectivity index (χ3v) is 3.06. The van der Waals surface area contributed by atoms with Crippen LogP contribution in [-0.4, -0.2) is 9.97 Å². The predicted octanol–water partition coefficient (Wildman–Crippen LogP) is 4.45. The van der Waals surface area contributed by atoms with Gasteiger partial charge in [0.25, 0.3) is 0 Å². The molecular formula is C16H11ClN2. The fourth-order valence-corrected chi connectivity index (χ4v) is 2.03. The molecule has 19 heavy (non-hydrogen) atoms. The first-order valence-corrected chi connectivity index (χ1v) is 6.36. The first-order chi connectivity index (χ1) is 9.33. The van der Waals surface area contributed by atoms with Gasteiger partial charge in [-0.15, -0.1) is 0 Å². The smallest absolute Gasteiger partial charge is 0.155 e. The van der Waals surface area contributed by atoms with Gasteiger partial charge >= 0.3 is 0 Å². The lowest BCUT2D eigenvalue weighted by Crippen LogP contribution is -1.89. The van der Waals surface area contributed by atoms with Crippen LogP contribution >= 0.6 is 11.6 Å². The summed E-state index contributed by atoms with van der Waals surface area (Å²) in [5, 5.41) is 0.422. The summed E-state index contributed by atoms with van der Waals surface area (Å²) >= 11 is 6.14. The van der Waals surface area contributed by atoms with E-state index in [1.54, 1.807) is 0 Å². The lowest BCUT2D eigenvalue weighted by molar-refractivity contribution is 1.27. The van der Waals surface area contributed by atoms with E-state index in [4.69, 9.17) is 11.6 Å². The van der Waals surface area contributed by atoms with Crippen LogP contribution in [0.5, 0.6) is 0 Å². The molecule has 0 bridgehead atoms. The van der Waals surface area contributed by atoms with Gasteiger partial charge in [0.2, 0.25) is 0 Å². The number of fused-ring (bicyclic) bond motifs is 1. The zero-order valence-electron chi connectivity index (χ0n) is 10.1. The topological polar surface area (TPSA) is 25.8 Å². The van der Waals surface area contributed by atoms with Crippen LogP contribution in [0.4, 0.5) is 0 Å². The summed E-state index contributed by atoms with van der Waals surface area (Å²) in [6.45, 7) is 0. The van der Waals surface area contributed by atoms with Gasteiger partial charge in [0.15, 0.2) is 5.15 Å². The Morgan fingerprint density at radius 3 is 2.11 bits per heavy atom. The van der Waals surface area contributed by atoms with E-state index >= 15 is 0 Å². The Labute approximate surface area is 116 Å². The summed E-state index contributed by atoms with van der Waals surface area (Å²) in [5.74, 6) is 0. The second-order valence-electron chi connectivity index (χ2n) is 4.13. The molecule has 0 aliphatic carbocycles. The maximum Gasteiger partial charge on any atom is 0.155 e. The molecule has 0 fully saturated rings. The fourth-order valence-electron chi connectivity index (χ4n) is 1.84. The quantitative estimate of drug-likeness (QED) is 0.685. The van der Waals surface area contributed by atoms with Gasteiger partial charge < -0.3 is 0 Å². The second-order valence-corrected chi connectivity index (χ2v) is 4.49. The summed E-state index contributed by atoms with van der Waals surface area (Å²) in [6.07, 6.45) is 3.86. The van der Waals surface area contributed by atoms with Crippen molar-refractivity contribution in [2.75, 3.05) is 0 Å². The first kappa shape index (κ1) is 11.9. The Morgan fingerprint density at radius 2 is 1.37 bits per heavy atom. The van der Waals surface area contributed by atoms with E-state index < -0.39 is 0 Å². The predicted molar refractivity (Wildman–Crippen MR) is 79.9 cm³/mol. The number of rotatable bonds is 2. The first-order valence-electron chi connectivity index (χ1n) is 5.98. The number of aromatic nitrogens is 2. The summed E-state index contributed by atoms with van der Waals surface area (Å²) in [4.78, 5) is 8.85. The SMILES string of the molecule is Clc1nc2ccccc2nc1C=Cc1ccccc1. The molecule has 0 N–H and O–H groups in total. The van der Waals surface area contributed by atoms with Gasteiger partial charge in [-0.05, 0) is 23.8 Å². The Kier molecular flexibility index (Phi) is 3.25. The average Bonchev–Trinajstić information content (AvgIpc) is 2.46. The Hall–Kier alpha value is -2.19. The average molecular weight is 267 g/mol. The van der Waals surface area contributed by atoms with Crippen molar-refractivity contribution in [3.63, 3.8) is 0 Å². The highest BCUT2D eigenvalue weighted by Crippen LogP contribution is 2.18. The van der Waals surface area contributed by atoms with Gasteiger partial charge in [-0.3, -0.25) is 0 Å². The summed E-state index contributed by atoms with van der Waals surface area (Å²) in [6, 6.07) is 17.7. The molecule has 2 nitrogen and oxygen atoms in total. The number of hydrogen-bond donors (Lipinski definition) is 0. The van der Waals surface area contributed by atoms with Crippen molar-refractivity contribution < 1.29 is 0 Å². The standard InChI is InChI=1S/C16H11ClN2/c17-16-15(11-10-12-6-2-1-3-7-12)18-13-8-4-5-9-14(13)19-16/h1-11H. The lowest BCUT2D eigenvalue weighted by Gasteiger charge is -2.01. The van der Waals surface area contributed by atoms with Crippen LogP contribution in [0.2, 0.25) is 5.15 Å². The van der Waals surface area contributed by atoms with Gasteiger partial charge in [-0.25, -0.2) is 9.97 Å². The highest BCUT2D eigenvalue weighted by molar-refractivity contribution is 6.31. The van der Waals surface area contributed by atoms with Crippen LogP contribution in [0.25, 0.3) is 23.2 Å². The molecule has 0 unspecified atom stereocenters. The van der Waals surface area contributed by atoms with E-state index in [1.165, 1.54) is 0 Å². The molecule has 0 radical (unpaired) electrons. The molecule has 0 amide bonds. The molecule has 1 heterocycles. The monoisotopic (exact) mass is 266 g/mol. The lowest BCUT2D eigenvalue weighted by atomic mass is 10.2. The molecule has 92 valence electrons. The molecule has 3 rings (SSSR count). The van der Waals surface area contributed by atoms with Crippen LogP contribution in [0.3, 0.4) is 0 Å². The minimum Gasteiger partial charge on any atom is -0.244 e. The minimum absolute atomic E-state index is 0.422. The second kappa shape index (κ2) is 5.21. The van der Waals surface area contributed by atoms with Gasteiger partial charge in [0.1, 0.15) is 5.69 Å². The van der Waals surface area contributed by atoms with Crippen molar-refractivity contribution in [2.45, 2.75) is 0 Å². The van der Waals surface area contributed by atoms with Gasteiger partial charge in [-0.2, -0.15) is 0 Å². The van der Waals surface area contributed by atoms with Crippen molar-refractivity contribution in [1.82, 2.24) is 9.97 Å². The highest BCUT2D eigenvalue weighted by Gasteiger charge is 2.03. The zero-order chi connectivity index (χ0) is 13.1. The molecule has 2 aromatic carbocycles. The normalized spacial score (nSPS) is 11.2. The number of nitrogens with zero attached hydrogens (tertiary/aromatic N) is 2. The minimum atomic E-state index is 0.422. The van der Waals surface area contributed by atoms with E-state index in [2.05, 4.69) is 9.97 Å². The molecule has 0 saturated carbocycles. The molecule has 0 spiro atoms. The van der Waals surface area contributed by atoms with Gasteiger partial charge in [0, 0.05) is 0 Å². The maximum absolute atomic E-state index is 6.14. The molecular weight excluding hydrogens is 256 g/mol. The maximum atomic E-state index is 6.14. The third-order valence-electron chi connectivity index (χ3n) is 2.79. The van der Waals surface area contributed by atoms with Crippen molar-refractivity contribution >= 4 is 34.8 Å². The van der Waals surface area contributed by atoms with E-state index in [0.717, 1.165) is 16.6 Å². The molecule has 0 aliphatic heterocycles. The molecule has 3 heteroatoms. The molecule has 0 aliphatic rings. The van der Waals surface area contributed by atoms with E-state index in [-0.39, 0.29) is 0 Å². The largest absolute Gasteiger partial charge is 0.244 e. The van der Waals surface area contributed by atoms with Crippen LogP contribution in [-0.2, 0) is 0 Å². The Bertz CT molecular complexity index is 736. The molecule has 0 atom stereocenters. The zero-order valence-corrected chi connectivity index (χ0v) is 10.9. The van der Waals surface area contributed by atoms with Gasteiger partial charge in [-0.1, -0.05) is 60.1 Å². The number of benzene rings is 2. The highest BCUT2D eigenvalue weighted by atomic mass is 35.5. The Morgan fingerprint density at radius 1 is 0.737 bits per heavy atom. The van der Waals surface area contributed by atoms with Gasteiger partial charge in [0.05, 0.1) is 11.0 Å². The third kappa shape index (κ3) is 2.64. The van der Waals surface area contributed by atoms with Crippen molar-refractivity contribution in [3.05, 3.63) is 71.0 Å². The summed E-state index contributed by atoms with van der Waals surface area (Å²) < 4.78 is 0. The number of hydrogen-bond acceptors (Lipinski definition) is 2. The van der Waals surface area contributed by atoms with Crippen LogP contribution in [0.15, 0.2) is 54.6 Å². The van der Waals surface area contributed by atoms with Crippen LogP contribution < -0.4 is 0 Å². The van der Waals surface area contributed by atoms with E-state index in [1.807, 2.05) is 66.7 Å². The van der Waals surface area contributed by atoms with E-state index in [9.17, 15) is 0 Å². The Balaban J connectivity index is 2.01.